The second-order valence-electron chi connectivity index (χ2n) is 9.26. The summed E-state index contributed by atoms with van der Waals surface area (Å²) < 4.78 is 21.5. The van der Waals surface area contributed by atoms with Gasteiger partial charge in [-0.05, 0) is 43.5 Å². The van der Waals surface area contributed by atoms with Gasteiger partial charge in [0.05, 0.1) is 23.0 Å². The number of fused-ring (bicyclic) bond motifs is 4. The van der Waals surface area contributed by atoms with Crippen LogP contribution in [0, 0.1) is 5.82 Å². The van der Waals surface area contributed by atoms with Gasteiger partial charge in [0.2, 0.25) is 0 Å². The van der Waals surface area contributed by atoms with Gasteiger partial charge in [-0.2, -0.15) is 9.61 Å². The highest BCUT2D eigenvalue weighted by Gasteiger charge is 2.33. The van der Waals surface area contributed by atoms with Gasteiger partial charge in [-0.3, -0.25) is 9.59 Å². The van der Waals surface area contributed by atoms with Crippen molar-refractivity contribution < 1.29 is 28.6 Å². The fraction of sp³-hybridized carbons (Fsp3) is 0.346. The molecule has 2 aliphatic heterocycles. The Bertz CT molecular complexity index is 1440. The normalized spacial score (nSPS) is 18.8. The van der Waals surface area contributed by atoms with Crippen LogP contribution in [0.1, 0.15) is 47.1 Å². The molecule has 11 nitrogen and oxygen atoms in total. The lowest BCUT2D eigenvalue weighted by Crippen LogP contribution is -2.39. The maximum atomic E-state index is 14.2. The molecule has 198 valence electrons. The van der Waals surface area contributed by atoms with Crippen molar-refractivity contribution in [2.45, 2.75) is 25.3 Å². The highest BCUT2D eigenvalue weighted by atomic mass is 19.1. The first kappa shape index (κ1) is 25.2. The van der Waals surface area contributed by atoms with E-state index in [1.807, 2.05) is 11.9 Å². The average Bonchev–Trinajstić information content (AvgIpc) is 3.33. The summed E-state index contributed by atoms with van der Waals surface area (Å²) in [5, 5.41) is 16.6. The summed E-state index contributed by atoms with van der Waals surface area (Å²) in [6.45, 7) is 0.810. The Balaban J connectivity index is 1.64. The molecular weight excluding hydrogens is 495 g/mol. The molecule has 1 fully saturated rings. The summed E-state index contributed by atoms with van der Waals surface area (Å²) in [4.78, 5) is 45.4. The molecule has 0 saturated carbocycles. The number of rotatable bonds is 2. The number of carboxylic acid groups (broad SMARTS) is 1. The van der Waals surface area contributed by atoms with Crippen molar-refractivity contribution in [1.82, 2.24) is 24.8 Å². The monoisotopic (exact) mass is 522 g/mol. The molecular formula is C26H27FN6O5. The Morgan fingerprint density at radius 2 is 2.05 bits per heavy atom. The first-order valence-electron chi connectivity index (χ1n) is 12.3. The van der Waals surface area contributed by atoms with Crippen LogP contribution in [0.15, 0.2) is 36.4 Å². The van der Waals surface area contributed by atoms with Crippen LogP contribution in [-0.2, 0) is 9.59 Å². The fourth-order valence-corrected chi connectivity index (χ4v) is 4.78. The summed E-state index contributed by atoms with van der Waals surface area (Å²) in [5.74, 6) is -1.72. The molecule has 4 heterocycles. The number of amides is 2. The van der Waals surface area contributed by atoms with E-state index in [1.54, 1.807) is 21.5 Å². The van der Waals surface area contributed by atoms with Crippen molar-refractivity contribution >= 4 is 35.3 Å². The van der Waals surface area contributed by atoms with E-state index < -0.39 is 23.6 Å². The zero-order valence-corrected chi connectivity index (χ0v) is 20.8. The van der Waals surface area contributed by atoms with E-state index in [9.17, 15) is 18.8 Å². The zero-order valence-electron chi connectivity index (χ0n) is 20.8. The van der Waals surface area contributed by atoms with Gasteiger partial charge in [-0.15, -0.1) is 0 Å². The largest absolute Gasteiger partial charge is 0.483 e. The Morgan fingerprint density at radius 1 is 1.21 bits per heavy atom. The van der Waals surface area contributed by atoms with Crippen LogP contribution in [0.4, 0.5) is 10.2 Å². The summed E-state index contributed by atoms with van der Waals surface area (Å²) in [7, 11) is 1.83. The minimum absolute atomic E-state index is 0.0419. The number of halogens is 1. The van der Waals surface area contributed by atoms with Crippen LogP contribution in [0.25, 0.3) is 11.7 Å². The third-order valence-electron chi connectivity index (χ3n) is 6.64. The molecule has 0 radical (unpaired) electrons. The maximum Gasteiger partial charge on any atom is 0.328 e. The SMILES string of the molecule is CN1CCNC(=O)COc2ccc(F)cc2C(=O)N2CCCCC2c2cc3nc(/C=C/C(=O)O)cc1n3n2. The van der Waals surface area contributed by atoms with E-state index >= 15 is 0 Å². The smallest absolute Gasteiger partial charge is 0.328 e. The summed E-state index contributed by atoms with van der Waals surface area (Å²) in [6, 6.07) is 6.79. The van der Waals surface area contributed by atoms with Crippen LogP contribution in [0.3, 0.4) is 0 Å². The molecule has 0 aliphatic carbocycles. The number of nitrogens with zero attached hydrogens (tertiary/aromatic N) is 5. The minimum Gasteiger partial charge on any atom is -0.483 e. The number of piperidine rings is 1. The Kier molecular flexibility index (Phi) is 6.95. The Hall–Kier alpha value is -4.48. The van der Waals surface area contributed by atoms with Crippen molar-refractivity contribution in [3.63, 3.8) is 0 Å². The fourth-order valence-electron chi connectivity index (χ4n) is 4.78. The Morgan fingerprint density at radius 3 is 2.87 bits per heavy atom. The molecule has 1 atom stereocenters. The molecule has 2 N–H and O–H groups in total. The number of hydrogen-bond acceptors (Lipinski definition) is 7. The molecule has 2 amide bonds. The number of ether oxygens (including phenoxy) is 1. The van der Waals surface area contributed by atoms with Gasteiger partial charge in [-0.1, -0.05) is 0 Å². The van der Waals surface area contributed by atoms with E-state index in [-0.39, 0.29) is 30.5 Å². The van der Waals surface area contributed by atoms with Gasteiger partial charge >= 0.3 is 5.97 Å². The van der Waals surface area contributed by atoms with Crippen LogP contribution < -0.4 is 15.0 Å². The first-order valence-corrected chi connectivity index (χ1v) is 12.3. The van der Waals surface area contributed by atoms with Crippen molar-refractivity contribution in [3.8, 4) is 5.75 Å². The minimum atomic E-state index is -1.10. The first-order chi connectivity index (χ1) is 18.3. The molecule has 1 saturated heterocycles. The number of carboxylic acids is 1. The number of likely N-dealkylation sites (N-methyl/N-ethyl adjacent to an activating group) is 1. The molecule has 2 aromatic heterocycles. The second-order valence-corrected chi connectivity index (χ2v) is 9.26. The van der Waals surface area contributed by atoms with Gasteiger partial charge in [0.25, 0.3) is 11.8 Å². The lowest BCUT2D eigenvalue weighted by atomic mass is 9.98. The molecule has 12 heteroatoms. The number of aromatic nitrogens is 3. The van der Waals surface area contributed by atoms with Gasteiger partial charge < -0.3 is 25.0 Å². The molecule has 1 unspecified atom stereocenters. The molecule has 38 heavy (non-hydrogen) atoms. The number of carbonyl (C=O) groups is 3. The molecule has 0 spiro atoms. The van der Waals surface area contributed by atoms with Crippen molar-refractivity contribution in [2.75, 3.05) is 38.2 Å². The topological polar surface area (TPSA) is 129 Å². The van der Waals surface area contributed by atoms with Gasteiger partial charge in [0, 0.05) is 44.9 Å². The Labute approximate surface area is 217 Å². The number of benzene rings is 1. The number of aliphatic carboxylic acids is 1. The van der Waals surface area contributed by atoms with Crippen LogP contribution in [0.5, 0.6) is 5.75 Å². The summed E-state index contributed by atoms with van der Waals surface area (Å²) >= 11 is 0. The van der Waals surface area contributed by atoms with Crippen LogP contribution >= 0.6 is 0 Å². The van der Waals surface area contributed by atoms with E-state index in [1.165, 1.54) is 18.2 Å². The number of carbonyl (C=O) groups excluding carboxylic acids is 2. The van der Waals surface area contributed by atoms with Crippen molar-refractivity contribution in [2.24, 2.45) is 0 Å². The molecule has 2 aliphatic rings. The molecule has 1 aromatic carbocycles. The molecule has 5 rings (SSSR count). The molecule has 3 aromatic rings. The third kappa shape index (κ3) is 5.15. The molecule has 2 bridgehead atoms. The van der Waals surface area contributed by atoms with Gasteiger partial charge in [0.15, 0.2) is 12.3 Å². The van der Waals surface area contributed by atoms with Crippen LogP contribution in [-0.4, -0.2) is 75.7 Å². The summed E-state index contributed by atoms with van der Waals surface area (Å²) in [6.07, 6.45) is 4.71. The number of hydrogen-bond donors (Lipinski definition) is 2. The third-order valence-corrected chi connectivity index (χ3v) is 6.64. The predicted molar refractivity (Wildman–Crippen MR) is 135 cm³/mol. The number of anilines is 1. The van der Waals surface area contributed by atoms with E-state index in [0.29, 0.717) is 42.4 Å². The quantitative estimate of drug-likeness (QED) is 0.491. The van der Waals surface area contributed by atoms with Gasteiger partial charge in [-0.25, -0.2) is 14.2 Å². The second kappa shape index (κ2) is 10.5. The highest BCUT2D eigenvalue weighted by molar-refractivity contribution is 5.97. The predicted octanol–water partition coefficient (Wildman–Crippen LogP) is 2.28. The van der Waals surface area contributed by atoms with Crippen molar-refractivity contribution in [3.05, 3.63) is 59.2 Å². The lowest BCUT2D eigenvalue weighted by molar-refractivity contribution is -0.131. The standard InChI is InChI=1S/C26H27FN6O5/c1-31-11-9-28-23(34)15-38-21-7-5-16(27)12-18(21)26(37)32-10-3-2-4-20(32)19-14-22-29-17(6-8-25(35)36)13-24(31)33(22)30-19/h5-8,12-14,20H,2-4,9-11,15H2,1H3,(H,28,34)(H,35,36)/b8-6+. The lowest BCUT2D eigenvalue weighted by Gasteiger charge is -2.35. The van der Waals surface area contributed by atoms with E-state index in [2.05, 4.69) is 10.3 Å². The van der Waals surface area contributed by atoms with Gasteiger partial charge in [0.1, 0.15) is 17.4 Å². The van der Waals surface area contributed by atoms with Crippen molar-refractivity contribution in [1.29, 1.82) is 0 Å². The highest BCUT2D eigenvalue weighted by Crippen LogP contribution is 2.34. The van der Waals surface area contributed by atoms with E-state index in [4.69, 9.17) is 14.9 Å². The van der Waals surface area contributed by atoms with Crippen LogP contribution in [0.2, 0.25) is 0 Å². The summed E-state index contributed by atoms with van der Waals surface area (Å²) in [5.41, 5.74) is 1.57. The van der Waals surface area contributed by atoms with E-state index in [0.717, 1.165) is 25.0 Å². The average molecular weight is 523 g/mol. The zero-order chi connectivity index (χ0) is 26.8. The maximum absolute atomic E-state index is 14.2. The number of nitrogens with one attached hydrogen (secondary N) is 1.